The van der Waals surface area contributed by atoms with Crippen LogP contribution in [0.25, 0.3) is 0 Å². The van der Waals surface area contributed by atoms with Crippen LogP contribution in [0.15, 0.2) is 0 Å². The number of alkyl halides is 3. The Labute approximate surface area is 117 Å². The van der Waals surface area contributed by atoms with Crippen LogP contribution in [0.5, 0.6) is 0 Å². The molecule has 1 saturated heterocycles. The number of nitrogens with zero attached hydrogens (tertiary/aromatic N) is 1. The summed E-state index contributed by atoms with van der Waals surface area (Å²) in [5.41, 5.74) is 0. The quantitative estimate of drug-likeness (QED) is 0.863. The number of rotatable bonds is 4. The van der Waals surface area contributed by atoms with Gasteiger partial charge >= 0.3 is 6.18 Å². The summed E-state index contributed by atoms with van der Waals surface area (Å²) in [5.74, 6) is 0.630. The van der Waals surface area contributed by atoms with E-state index in [1.165, 1.54) is 4.90 Å². The SMILES string of the molecule is O=C(NCC1CCN(CC(F)(F)F)CC1)C1CCCC1. The minimum Gasteiger partial charge on any atom is -0.356 e. The van der Waals surface area contributed by atoms with Crippen molar-refractivity contribution in [2.45, 2.75) is 44.7 Å². The van der Waals surface area contributed by atoms with Crippen LogP contribution in [0, 0.1) is 11.8 Å². The summed E-state index contributed by atoms with van der Waals surface area (Å²) < 4.78 is 36.8. The van der Waals surface area contributed by atoms with Gasteiger partial charge in [-0.15, -0.1) is 0 Å². The first-order chi connectivity index (χ1) is 9.44. The van der Waals surface area contributed by atoms with Gasteiger partial charge in [-0.3, -0.25) is 9.69 Å². The molecular formula is C14H23F3N2O. The molecule has 116 valence electrons. The zero-order chi connectivity index (χ0) is 14.6. The van der Waals surface area contributed by atoms with Gasteiger partial charge in [-0.1, -0.05) is 12.8 Å². The van der Waals surface area contributed by atoms with Gasteiger partial charge < -0.3 is 5.32 Å². The summed E-state index contributed by atoms with van der Waals surface area (Å²) in [6.07, 6.45) is 1.60. The van der Waals surface area contributed by atoms with E-state index in [1.54, 1.807) is 0 Å². The molecule has 20 heavy (non-hydrogen) atoms. The third kappa shape index (κ3) is 4.96. The minimum atomic E-state index is -4.11. The highest BCUT2D eigenvalue weighted by atomic mass is 19.4. The first-order valence-electron chi connectivity index (χ1n) is 7.51. The molecule has 0 aromatic rings. The van der Waals surface area contributed by atoms with Gasteiger partial charge in [0.2, 0.25) is 5.91 Å². The molecule has 2 fully saturated rings. The fourth-order valence-electron chi connectivity index (χ4n) is 3.18. The summed E-state index contributed by atoms with van der Waals surface area (Å²) in [5, 5.41) is 2.98. The third-order valence-electron chi connectivity index (χ3n) is 4.40. The number of hydrogen-bond donors (Lipinski definition) is 1. The highest BCUT2D eigenvalue weighted by Gasteiger charge is 2.32. The number of carbonyl (C=O) groups excluding carboxylic acids is 1. The molecule has 0 spiro atoms. The molecule has 0 atom stereocenters. The van der Waals surface area contributed by atoms with Gasteiger partial charge in [0, 0.05) is 12.5 Å². The molecule has 1 N–H and O–H groups in total. The maximum absolute atomic E-state index is 12.3. The predicted octanol–water partition coefficient (Wildman–Crippen LogP) is 2.57. The monoisotopic (exact) mass is 292 g/mol. The van der Waals surface area contributed by atoms with Gasteiger partial charge in [0.05, 0.1) is 6.54 Å². The van der Waals surface area contributed by atoms with Crippen LogP contribution < -0.4 is 5.32 Å². The molecule has 0 unspecified atom stereocenters. The van der Waals surface area contributed by atoms with Crippen molar-refractivity contribution in [3.63, 3.8) is 0 Å². The lowest BCUT2D eigenvalue weighted by atomic mass is 9.96. The lowest BCUT2D eigenvalue weighted by Gasteiger charge is -2.32. The van der Waals surface area contributed by atoms with Crippen LogP contribution in [0.2, 0.25) is 0 Å². The average molecular weight is 292 g/mol. The molecule has 2 aliphatic rings. The molecule has 1 aliphatic heterocycles. The van der Waals surface area contributed by atoms with Crippen molar-refractivity contribution in [2.75, 3.05) is 26.2 Å². The van der Waals surface area contributed by atoms with Crippen molar-refractivity contribution in [1.29, 1.82) is 0 Å². The van der Waals surface area contributed by atoms with Gasteiger partial charge in [0.1, 0.15) is 0 Å². The lowest BCUT2D eigenvalue weighted by molar-refractivity contribution is -0.148. The molecule has 2 rings (SSSR count). The van der Waals surface area contributed by atoms with Crippen molar-refractivity contribution in [1.82, 2.24) is 10.2 Å². The average Bonchev–Trinajstić information content (AvgIpc) is 2.89. The van der Waals surface area contributed by atoms with Crippen LogP contribution in [0.4, 0.5) is 13.2 Å². The Balaban J connectivity index is 1.63. The second-order valence-corrected chi connectivity index (χ2v) is 6.06. The van der Waals surface area contributed by atoms with Crippen molar-refractivity contribution >= 4 is 5.91 Å². The topological polar surface area (TPSA) is 32.3 Å². The highest BCUT2D eigenvalue weighted by Crippen LogP contribution is 2.25. The first kappa shape index (κ1) is 15.6. The third-order valence-corrected chi connectivity index (χ3v) is 4.40. The summed E-state index contributed by atoms with van der Waals surface area (Å²) in [6, 6.07) is 0. The number of amides is 1. The Morgan fingerprint density at radius 1 is 1.10 bits per heavy atom. The van der Waals surface area contributed by atoms with Gasteiger partial charge in [0.25, 0.3) is 0 Å². The molecule has 1 aliphatic carbocycles. The molecule has 0 bridgehead atoms. The predicted molar refractivity (Wildman–Crippen MR) is 70.2 cm³/mol. The Hall–Kier alpha value is -0.780. The second-order valence-electron chi connectivity index (χ2n) is 6.06. The van der Waals surface area contributed by atoms with E-state index in [4.69, 9.17) is 0 Å². The Morgan fingerprint density at radius 3 is 2.25 bits per heavy atom. The molecular weight excluding hydrogens is 269 g/mol. The van der Waals surface area contributed by atoms with Crippen molar-refractivity contribution in [3.05, 3.63) is 0 Å². The van der Waals surface area contributed by atoms with Crippen molar-refractivity contribution in [3.8, 4) is 0 Å². The number of likely N-dealkylation sites (tertiary alicyclic amines) is 1. The van der Waals surface area contributed by atoms with Crippen LogP contribution >= 0.6 is 0 Å². The van der Waals surface area contributed by atoms with Crippen LogP contribution in [-0.2, 0) is 4.79 Å². The van der Waals surface area contributed by atoms with E-state index in [-0.39, 0.29) is 11.8 Å². The van der Waals surface area contributed by atoms with E-state index in [9.17, 15) is 18.0 Å². The van der Waals surface area contributed by atoms with Crippen LogP contribution in [0.3, 0.4) is 0 Å². The second kappa shape index (κ2) is 6.78. The van der Waals surface area contributed by atoms with Crippen molar-refractivity contribution in [2.24, 2.45) is 11.8 Å². The molecule has 0 aromatic carbocycles. The Bertz CT molecular complexity index is 319. The molecule has 1 amide bonds. The standard InChI is InChI=1S/C14H23F3N2O/c15-14(16,17)10-19-7-5-11(6-8-19)9-18-13(20)12-3-1-2-4-12/h11-12H,1-10H2,(H,18,20). The van der Waals surface area contributed by atoms with E-state index in [2.05, 4.69) is 5.32 Å². The number of nitrogens with one attached hydrogen (secondary N) is 1. The van der Waals surface area contributed by atoms with Gasteiger partial charge in [0.15, 0.2) is 0 Å². The molecule has 1 saturated carbocycles. The number of carbonyl (C=O) groups is 1. The number of piperidine rings is 1. The highest BCUT2D eigenvalue weighted by molar-refractivity contribution is 5.78. The van der Waals surface area contributed by atoms with Crippen LogP contribution in [-0.4, -0.2) is 43.2 Å². The van der Waals surface area contributed by atoms with Crippen LogP contribution in [0.1, 0.15) is 38.5 Å². The molecule has 6 heteroatoms. The van der Waals surface area contributed by atoms with E-state index >= 15 is 0 Å². The molecule has 0 radical (unpaired) electrons. The van der Waals surface area contributed by atoms with E-state index in [0.717, 1.165) is 38.5 Å². The van der Waals surface area contributed by atoms with Gasteiger partial charge in [-0.05, 0) is 44.7 Å². The Kier molecular flexibility index (Phi) is 5.29. The Morgan fingerprint density at radius 2 is 1.70 bits per heavy atom. The maximum Gasteiger partial charge on any atom is 0.401 e. The zero-order valence-corrected chi connectivity index (χ0v) is 11.7. The van der Waals surface area contributed by atoms with Gasteiger partial charge in [-0.2, -0.15) is 13.2 Å². The minimum absolute atomic E-state index is 0.139. The molecule has 1 heterocycles. The fourth-order valence-corrected chi connectivity index (χ4v) is 3.18. The zero-order valence-electron chi connectivity index (χ0n) is 11.7. The number of hydrogen-bond acceptors (Lipinski definition) is 2. The molecule has 0 aromatic heterocycles. The maximum atomic E-state index is 12.3. The number of halogens is 3. The van der Waals surface area contributed by atoms with E-state index in [0.29, 0.717) is 25.6 Å². The summed E-state index contributed by atoms with van der Waals surface area (Å²) in [4.78, 5) is 13.3. The van der Waals surface area contributed by atoms with Gasteiger partial charge in [-0.25, -0.2) is 0 Å². The summed E-state index contributed by atoms with van der Waals surface area (Å²) in [7, 11) is 0. The normalized spacial score (nSPS) is 23.1. The smallest absolute Gasteiger partial charge is 0.356 e. The summed E-state index contributed by atoms with van der Waals surface area (Å²) >= 11 is 0. The summed E-state index contributed by atoms with van der Waals surface area (Å²) in [6.45, 7) is 0.760. The largest absolute Gasteiger partial charge is 0.401 e. The van der Waals surface area contributed by atoms with Crippen molar-refractivity contribution < 1.29 is 18.0 Å². The van der Waals surface area contributed by atoms with E-state index in [1.807, 2.05) is 0 Å². The first-order valence-corrected chi connectivity index (χ1v) is 7.51. The van der Waals surface area contributed by atoms with E-state index < -0.39 is 12.7 Å². The fraction of sp³-hybridized carbons (Fsp3) is 0.929. The molecule has 3 nitrogen and oxygen atoms in total. The lowest BCUT2D eigenvalue weighted by Crippen LogP contribution is -2.43.